The van der Waals surface area contributed by atoms with Crippen LogP contribution in [0.3, 0.4) is 0 Å². The monoisotopic (exact) mass is 450 g/mol. The van der Waals surface area contributed by atoms with Gasteiger partial charge in [-0.25, -0.2) is 13.6 Å². The van der Waals surface area contributed by atoms with Crippen molar-refractivity contribution in [3.8, 4) is 0 Å². The van der Waals surface area contributed by atoms with E-state index in [2.05, 4.69) is 10.6 Å². The number of ether oxygens (including phenoxy) is 1. The summed E-state index contributed by atoms with van der Waals surface area (Å²) in [6.45, 7) is 1.53. The number of amides is 2. The summed E-state index contributed by atoms with van der Waals surface area (Å²) in [6, 6.07) is 5.69. The van der Waals surface area contributed by atoms with E-state index in [0.717, 1.165) is 6.07 Å². The van der Waals surface area contributed by atoms with Gasteiger partial charge in [0.05, 0.1) is 17.7 Å². The first-order valence-electron chi connectivity index (χ1n) is 9.76. The van der Waals surface area contributed by atoms with Gasteiger partial charge in [0.1, 0.15) is 17.4 Å². The molecule has 164 valence electrons. The molecule has 0 heterocycles. The number of ketones is 1. The standard InChI is InChI=1S/C22H21ClF2N2O4/c1-12(28)3-2-10-31-22(30)27-19-9-6-14-15(5-8-18(25)20(14)19)21(29)26-13-4-7-17(24)16(23)11-13/h4-5,7-8,11,19H,2-3,6,9-10H2,1H3,(H,26,29)(H,27,30)/t19-/m0/s1. The van der Waals surface area contributed by atoms with Crippen molar-refractivity contribution in [1.29, 1.82) is 0 Å². The largest absolute Gasteiger partial charge is 0.450 e. The summed E-state index contributed by atoms with van der Waals surface area (Å²) in [5, 5.41) is 5.11. The van der Waals surface area contributed by atoms with Crippen molar-refractivity contribution in [2.24, 2.45) is 0 Å². The molecule has 31 heavy (non-hydrogen) atoms. The van der Waals surface area contributed by atoms with Crippen LogP contribution >= 0.6 is 11.6 Å². The maximum atomic E-state index is 14.5. The number of anilines is 1. The highest BCUT2D eigenvalue weighted by Crippen LogP contribution is 2.36. The first-order valence-corrected chi connectivity index (χ1v) is 10.1. The quantitative estimate of drug-likeness (QED) is 0.584. The number of fused-ring (bicyclic) bond motifs is 1. The van der Waals surface area contributed by atoms with Crippen molar-refractivity contribution in [1.82, 2.24) is 5.32 Å². The second kappa shape index (κ2) is 9.87. The molecule has 2 amide bonds. The van der Waals surface area contributed by atoms with E-state index < -0.39 is 29.7 Å². The Hall–Kier alpha value is -3.00. The van der Waals surface area contributed by atoms with Crippen LogP contribution in [0.25, 0.3) is 0 Å². The topological polar surface area (TPSA) is 84.5 Å². The lowest BCUT2D eigenvalue weighted by Gasteiger charge is -2.16. The Morgan fingerprint density at radius 2 is 1.90 bits per heavy atom. The third kappa shape index (κ3) is 5.58. The number of hydrogen-bond acceptors (Lipinski definition) is 4. The zero-order valence-corrected chi connectivity index (χ0v) is 17.5. The van der Waals surface area contributed by atoms with Gasteiger partial charge in [-0.3, -0.25) is 4.79 Å². The highest BCUT2D eigenvalue weighted by atomic mass is 35.5. The lowest BCUT2D eigenvalue weighted by molar-refractivity contribution is -0.117. The summed E-state index contributed by atoms with van der Waals surface area (Å²) < 4.78 is 32.9. The van der Waals surface area contributed by atoms with Gasteiger partial charge < -0.3 is 20.2 Å². The first kappa shape index (κ1) is 22.7. The summed E-state index contributed by atoms with van der Waals surface area (Å²) in [5.41, 5.74) is 1.30. The average Bonchev–Trinajstić information content (AvgIpc) is 3.12. The van der Waals surface area contributed by atoms with Gasteiger partial charge in [0.2, 0.25) is 0 Å². The van der Waals surface area contributed by atoms with Gasteiger partial charge in [0, 0.05) is 23.2 Å². The van der Waals surface area contributed by atoms with Gasteiger partial charge >= 0.3 is 6.09 Å². The molecule has 0 bridgehead atoms. The highest BCUT2D eigenvalue weighted by molar-refractivity contribution is 6.31. The molecule has 0 radical (unpaired) electrons. The number of carbonyl (C=O) groups is 3. The Kier molecular flexibility index (Phi) is 7.22. The number of Topliss-reactive ketones (excluding diaryl/α,β-unsaturated/α-hetero) is 1. The summed E-state index contributed by atoms with van der Waals surface area (Å²) in [7, 11) is 0. The van der Waals surface area contributed by atoms with Gasteiger partial charge in [-0.15, -0.1) is 0 Å². The highest BCUT2D eigenvalue weighted by Gasteiger charge is 2.31. The molecule has 0 saturated heterocycles. The second-order valence-corrected chi connectivity index (χ2v) is 7.65. The third-order valence-corrected chi connectivity index (χ3v) is 5.25. The zero-order chi connectivity index (χ0) is 22.5. The summed E-state index contributed by atoms with van der Waals surface area (Å²) >= 11 is 5.74. The van der Waals surface area contributed by atoms with Crippen LogP contribution in [0.5, 0.6) is 0 Å². The number of carbonyl (C=O) groups excluding carboxylic acids is 3. The molecule has 0 saturated carbocycles. The maximum Gasteiger partial charge on any atom is 0.407 e. The van der Waals surface area contributed by atoms with Crippen molar-refractivity contribution >= 4 is 35.1 Å². The van der Waals surface area contributed by atoms with Crippen LogP contribution in [0.1, 0.15) is 53.7 Å². The maximum absolute atomic E-state index is 14.5. The fourth-order valence-corrected chi connectivity index (χ4v) is 3.70. The Balaban J connectivity index is 1.70. The molecule has 3 rings (SSSR count). The summed E-state index contributed by atoms with van der Waals surface area (Å²) in [4.78, 5) is 35.7. The van der Waals surface area contributed by atoms with Gasteiger partial charge in [-0.05, 0) is 62.1 Å². The van der Waals surface area contributed by atoms with Crippen molar-refractivity contribution in [2.75, 3.05) is 11.9 Å². The van der Waals surface area contributed by atoms with Crippen LogP contribution in [0.4, 0.5) is 19.3 Å². The minimum Gasteiger partial charge on any atom is -0.450 e. The Morgan fingerprint density at radius 1 is 1.16 bits per heavy atom. The van der Waals surface area contributed by atoms with Crippen molar-refractivity contribution in [3.63, 3.8) is 0 Å². The first-order chi connectivity index (χ1) is 14.8. The predicted molar refractivity (Wildman–Crippen MR) is 111 cm³/mol. The van der Waals surface area contributed by atoms with E-state index in [-0.39, 0.29) is 28.5 Å². The predicted octanol–water partition coefficient (Wildman–Crippen LogP) is 4.95. The Bertz CT molecular complexity index is 1030. The van der Waals surface area contributed by atoms with Crippen molar-refractivity contribution < 1.29 is 27.9 Å². The van der Waals surface area contributed by atoms with E-state index in [1.165, 1.54) is 31.2 Å². The minimum atomic E-state index is -0.711. The van der Waals surface area contributed by atoms with Crippen LogP contribution in [0.2, 0.25) is 5.02 Å². The number of rotatable bonds is 7. The van der Waals surface area contributed by atoms with Gasteiger partial charge in [0.15, 0.2) is 0 Å². The van der Waals surface area contributed by atoms with E-state index in [4.69, 9.17) is 16.3 Å². The fraction of sp³-hybridized carbons (Fsp3) is 0.318. The van der Waals surface area contributed by atoms with Crippen molar-refractivity contribution in [2.45, 2.75) is 38.6 Å². The smallest absolute Gasteiger partial charge is 0.407 e. The molecule has 2 aromatic carbocycles. The van der Waals surface area contributed by atoms with Gasteiger partial charge in [-0.2, -0.15) is 0 Å². The molecular weight excluding hydrogens is 430 g/mol. The summed E-state index contributed by atoms with van der Waals surface area (Å²) in [5.74, 6) is -1.63. The van der Waals surface area contributed by atoms with E-state index >= 15 is 0 Å². The molecule has 0 fully saturated rings. The molecule has 2 N–H and O–H groups in total. The molecule has 1 aliphatic carbocycles. The number of nitrogens with one attached hydrogen (secondary N) is 2. The Morgan fingerprint density at radius 3 is 2.61 bits per heavy atom. The fourth-order valence-electron chi connectivity index (χ4n) is 3.51. The second-order valence-electron chi connectivity index (χ2n) is 7.25. The van der Waals surface area contributed by atoms with E-state index in [1.54, 1.807) is 0 Å². The number of benzene rings is 2. The summed E-state index contributed by atoms with van der Waals surface area (Å²) in [6.07, 6.45) is 0.801. The molecule has 0 aliphatic heterocycles. The lowest BCUT2D eigenvalue weighted by Crippen LogP contribution is -2.28. The van der Waals surface area contributed by atoms with Crippen LogP contribution in [-0.2, 0) is 16.0 Å². The zero-order valence-electron chi connectivity index (χ0n) is 16.8. The molecule has 0 aromatic heterocycles. The Labute approximate surface area is 182 Å². The molecule has 0 unspecified atom stereocenters. The van der Waals surface area contributed by atoms with Crippen LogP contribution in [0, 0.1) is 11.6 Å². The lowest BCUT2D eigenvalue weighted by atomic mass is 10.0. The number of alkyl carbamates (subject to hydrolysis) is 1. The van der Waals surface area contributed by atoms with E-state index in [1.807, 2.05) is 0 Å². The molecule has 1 atom stereocenters. The molecule has 9 heteroatoms. The SMILES string of the molecule is CC(=O)CCCOC(=O)N[C@H]1CCc2c(C(=O)Nc3ccc(F)c(Cl)c3)ccc(F)c21. The molecule has 0 spiro atoms. The number of hydrogen-bond donors (Lipinski definition) is 2. The molecule has 6 nitrogen and oxygen atoms in total. The average molecular weight is 451 g/mol. The molecule has 1 aliphatic rings. The van der Waals surface area contributed by atoms with Crippen molar-refractivity contribution in [3.05, 3.63) is 63.7 Å². The number of halogens is 3. The molecule has 2 aromatic rings. The normalized spacial score (nSPS) is 14.6. The van der Waals surface area contributed by atoms with Gasteiger partial charge in [-0.1, -0.05) is 11.6 Å². The van der Waals surface area contributed by atoms with E-state index in [0.29, 0.717) is 36.9 Å². The molecular formula is C22H21ClF2N2O4. The van der Waals surface area contributed by atoms with E-state index in [9.17, 15) is 23.2 Å². The minimum absolute atomic E-state index is 0.00418. The van der Waals surface area contributed by atoms with Crippen LogP contribution in [0.15, 0.2) is 30.3 Å². The van der Waals surface area contributed by atoms with Crippen LogP contribution in [-0.4, -0.2) is 24.4 Å². The van der Waals surface area contributed by atoms with Crippen LogP contribution < -0.4 is 10.6 Å². The third-order valence-electron chi connectivity index (χ3n) is 4.96. The van der Waals surface area contributed by atoms with Gasteiger partial charge in [0.25, 0.3) is 5.91 Å².